The Morgan fingerprint density at radius 2 is 2.04 bits per heavy atom. The van der Waals surface area contributed by atoms with Crippen molar-refractivity contribution >= 4 is 23.2 Å². The molecule has 0 saturated heterocycles. The number of carbonyl (C=O) groups is 1. The summed E-state index contributed by atoms with van der Waals surface area (Å²) in [5, 5.41) is 4.78. The van der Waals surface area contributed by atoms with Gasteiger partial charge in [0.1, 0.15) is 5.82 Å². The molecule has 2 aromatic carbocycles. The fourth-order valence-corrected chi connectivity index (χ4v) is 3.78. The Hall–Kier alpha value is -2.40. The molecular formula is C22H22ClFN2O2. The molecule has 1 heterocycles. The second-order valence-corrected chi connectivity index (χ2v) is 7.83. The third kappa shape index (κ3) is 4.20. The van der Waals surface area contributed by atoms with Crippen LogP contribution in [0.5, 0.6) is 0 Å². The molecule has 28 heavy (non-hydrogen) atoms. The molecule has 4 rings (SSSR count). The maximum atomic E-state index is 13.5. The molecular weight excluding hydrogens is 379 g/mol. The first-order valence-corrected chi connectivity index (χ1v) is 9.99. The molecule has 0 N–H and O–H groups in total. The van der Waals surface area contributed by atoms with Crippen molar-refractivity contribution in [3.8, 4) is 0 Å². The Kier molecular flexibility index (Phi) is 5.62. The first-order valence-electron chi connectivity index (χ1n) is 9.61. The highest BCUT2D eigenvalue weighted by molar-refractivity contribution is 6.31. The number of hydrogen-bond acceptors (Lipinski definition) is 3. The van der Waals surface area contributed by atoms with Crippen molar-refractivity contribution in [1.82, 2.24) is 4.90 Å². The van der Waals surface area contributed by atoms with Crippen LogP contribution in [-0.2, 0) is 16.2 Å². The SMILES string of the molecule is O=C(C1CCC1)N(Cc1ccccc1Cl)CC1CC(c2cccc(F)c2)=NO1. The second-order valence-electron chi connectivity index (χ2n) is 7.42. The molecule has 0 bridgehead atoms. The average molecular weight is 401 g/mol. The summed E-state index contributed by atoms with van der Waals surface area (Å²) < 4.78 is 13.5. The van der Waals surface area contributed by atoms with Gasteiger partial charge in [-0.3, -0.25) is 4.79 Å². The van der Waals surface area contributed by atoms with Gasteiger partial charge in [-0.25, -0.2) is 4.39 Å². The molecule has 1 aliphatic heterocycles. The van der Waals surface area contributed by atoms with Crippen LogP contribution in [0.4, 0.5) is 4.39 Å². The predicted molar refractivity (Wildman–Crippen MR) is 107 cm³/mol. The first-order chi connectivity index (χ1) is 13.6. The molecule has 0 aromatic heterocycles. The number of nitrogens with zero attached hydrogens (tertiary/aromatic N) is 2. The average Bonchev–Trinajstić information content (AvgIpc) is 3.10. The van der Waals surface area contributed by atoms with E-state index < -0.39 is 0 Å². The topological polar surface area (TPSA) is 41.9 Å². The van der Waals surface area contributed by atoms with Gasteiger partial charge < -0.3 is 9.74 Å². The molecule has 1 saturated carbocycles. The van der Waals surface area contributed by atoms with E-state index in [9.17, 15) is 9.18 Å². The summed E-state index contributed by atoms with van der Waals surface area (Å²) in [4.78, 5) is 20.4. The molecule has 1 fully saturated rings. The van der Waals surface area contributed by atoms with Crippen LogP contribution in [0.2, 0.25) is 5.02 Å². The number of halogens is 2. The molecule has 0 spiro atoms. The highest BCUT2D eigenvalue weighted by atomic mass is 35.5. The van der Waals surface area contributed by atoms with Crippen LogP contribution < -0.4 is 0 Å². The van der Waals surface area contributed by atoms with Gasteiger partial charge >= 0.3 is 0 Å². The summed E-state index contributed by atoms with van der Waals surface area (Å²) in [6.07, 6.45) is 3.27. The van der Waals surface area contributed by atoms with Gasteiger partial charge in [-0.05, 0) is 36.6 Å². The summed E-state index contributed by atoms with van der Waals surface area (Å²) in [6.45, 7) is 0.882. The van der Waals surface area contributed by atoms with Crippen molar-refractivity contribution in [1.29, 1.82) is 0 Å². The van der Waals surface area contributed by atoms with E-state index >= 15 is 0 Å². The van der Waals surface area contributed by atoms with Crippen LogP contribution >= 0.6 is 11.6 Å². The van der Waals surface area contributed by atoms with Gasteiger partial charge in [0.2, 0.25) is 5.91 Å². The highest BCUT2D eigenvalue weighted by Gasteiger charge is 2.33. The third-order valence-electron chi connectivity index (χ3n) is 5.40. The van der Waals surface area contributed by atoms with Crippen molar-refractivity contribution in [2.75, 3.05) is 6.54 Å². The largest absolute Gasteiger partial charge is 0.390 e. The van der Waals surface area contributed by atoms with Crippen molar-refractivity contribution in [2.45, 2.75) is 38.3 Å². The predicted octanol–water partition coefficient (Wildman–Crippen LogP) is 4.80. The van der Waals surface area contributed by atoms with E-state index in [1.54, 1.807) is 6.07 Å². The van der Waals surface area contributed by atoms with E-state index in [0.29, 0.717) is 35.8 Å². The molecule has 1 amide bonds. The first kappa shape index (κ1) is 18.9. The second kappa shape index (κ2) is 8.31. The number of benzene rings is 2. The lowest BCUT2D eigenvalue weighted by atomic mass is 9.84. The molecule has 4 nitrogen and oxygen atoms in total. The van der Waals surface area contributed by atoms with Crippen LogP contribution in [-0.4, -0.2) is 29.2 Å². The zero-order chi connectivity index (χ0) is 19.5. The van der Waals surface area contributed by atoms with Gasteiger partial charge in [0.25, 0.3) is 0 Å². The molecule has 1 unspecified atom stereocenters. The monoisotopic (exact) mass is 400 g/mol. The Morgan fingerprint density at radius 3 is 2.75 bits per heavy atom. The van der Waals surface area contributed by atoms with Gasteiger partial charge in [0.05, 0.1) is 12.3 Å². The summed E-state index contributed by atoms with van der Waals surface area (Å²) >= 11 is 6.31. The van der Waals surface area contributed by atoms with Crippen molar-refractivity contribution in [2.24, 2.45) is 11.1 Å². The molecule has 146 valence electrons. The van der Waals surface area contributed by atoms with Gasteiger partial charge in [-0.1, -0.05) is 53.5 Å². The zero-order valence-electron chi connectivity index (χ0n) is 15.5. The summed E-state index contributed by atoms with van der Waals surface area (Å²) in [5.41, 5.74) is 2.34. The summed E-state index contributed by atoms with van der Waals surface area (Å²) in [6, 6.07) is 13.9. The van der Waals surface area contributed by atoms with Crippen LogP contribution in [0.1, 0.15) is 36.8 Å². The highest BCUT2D eigenvalue weighted by Crippen LogP contribution is 2.30. The van der Waals surface area contributed by atoms with Crippen LogP contribution in [0.3, 0.4) is 0 Å². The molecule has 2 aliphatic rings. The van der Waals surface area contributed by atoms with Crippen molar-refractivity contribution in [3.05, 3.63) is 70.5 Å². The maximum Gasteiger partial charge on any atom is 0.226 e. The van der Waals surface area contributed by atoms with Crippen LogP contribution in [0.15, 0.2) is 53.7 Å². The summed E-state index contributed by atoms with van der Waals surface area (Å²) in [7, 11) is 0. The Balaban J connectivity index is 1.45. The van der Waals surface area contributed by atoms with E-state index in [0.717, 1.165) is 24.8 Å². The number of amides is 1. The molecule has 2 aromatic rings. The van der Waals surface area contributed by atoms with Gasteiger partial charge in [-0.15, -0.1) is 0 Å². The molecule has 1 aliphatic carbocycles. The number of oxime groups is 1. The zero-order valence-corrected chi connectivity index (χ0v) is 16.2. The van der Waals surface area contributed by atoms with Gasteiger partial charge in [0, 0.05) is 29.5 Å². The van der Waals surface area contributed by atoms with E-state index in [4.69, 9.17) is 16.4 Å². The van der Waals surface area contributed by atoms with E-state index in [1.165, 1.54) is 12.1 Å². The fraction of sp³-hybridized carbons (Fsp3) is 0.364. The maximum absolute atomic E-state index is 13.5. The number of rotatable bonds is 6. The number of carbonyl (C=O) groups excluding carboxylic acids is 1. The fourth-order valence-electron chi connectivity index (χ4n) is 3.59. The molecule has 1 atom stereocenters. The smallest absolute Gasteiger partial charge is 0.226 e. The van der Waals surface area contributed by atoms with Crippen molar-refractivity contribution < 1.29 is 14.0 Å². The van der Waals surface area contributed by atoms with Gasteiger partial charge in [-0.2, -0.15) is 0 Å². The molecule has 0 radical (unpaired) electrons. The van der Waals surface area contributed by atoms with Crippen LogP contribution in [0.25, 0.3) is 0 Å². The summed E-state index contributed by atoms with van der Waals surface area (Å²) in [5.74, 6) is -0.0642. The quantitative estimate of drug-likeness (QED) is 0.698. The van der Waals surface area contributed by atoms with Crippen LogP contribution in [0, 0.1) is 11.7 Å². The minimum atomic E-state index is -0.302. The normalized spacial score (nSPS) is 18.9. The van der Waals surface area contributed by atoms with E-state index in [-0.39, 0.29) is 23.7 Å². The lowest BCUT2D eigenvalue weighted by Crippen LogP contribution is -2.42. The lowest BCUT2D eigenvalue weighted by Gasteiger charge is -2.33. The Bertz CT molecular complexity index is 898. The minimum absolute atomic E-state index is 0.0903. The number of hydrogen-bond donors (Lipinski definition) is 0. The molecule has 6 heteroatoms. The Labute approximate surface area is 168 Å². The third-order valence-corrected chi connectivity index (χ3v) is 5.77. The lowest BCUT2D eigenvalue weighted by molar-refractivity contribution is -0.140. The van der Waals surface area contributed by atoms with Gasteiger partial charge in [0.15, 0.2) is 6.10 Å². The Morgan fingerprint density at radius 1 is 1.21 bits per heavy atom. The minimum Gasteiger partial charge on any atom is -0.390 e. The van der Waals surface area contributed by atoms with E-state index in [1.807, 2.05) is 35.2 Å². The van der Waals surface area contributed by atoms with Crippen molar-refractivity contribution in [3.63, 3.8) is 0 Å². The van der Waals surface area contributed by atoms with E-state index in [2.05, 4.69) is 5.16 Å². The standard InChI is InChI=1S/C22H22ClFN2O2/c23-20-10-2-1-5-17(20)13-26(22(27)15-6-3-7-15)14-19-12-21(25-28-19)16-8-4-9-18(24)11-16/h1-2,4-5,8-11,15,19H,3,6-7,12-14H2.